The van der Waals surface area contributed by atoms with E-state index in [1.54, 1.807) is 0 Å². The Hall–Kier alpha value is -3.09. The van der Waals surface area contributed by atoms with Gasteiger partial charge in [0.15, 0.2) is 5.65 Å². The third-order valence-electron chi connectivity index (χ3n) is 3.10. The average Bonchev–Trinajstić information content (AvgIpc) is 2.54. The maximum Gasteiger partial charge on any atom is 0.288 e. The summed E-state index contributed by atoms with van der Waals surface area (Å²) in [4.78, 5) is 25.5. The van der Waals surface area contributed by atoms with E-state index in [1.165, 1.54) is 13.4 Å². The number of pyridine rings is 1. The molecular weight excluding hydrogens is 286 g/mol. The van der Waals surface area contributed by atoms with E-state index in [2.05, 4.69) is 9.97 Å². The van der Waals surface area contributed by atoms with Gasteiger partial charge in [-0.05, 0) is 5.56 Å². The summed E-state index contributed by atoms with van der Waals surface area (Å²) in [6.45, 7) is 0.187. The molecule has 2 heterocycles. The molecule has 3 rings (SSSR count). The molecular formula is C15H13N3O4. The van der Waals surface area contributed by atoms with E-state index in [4.69, 9.17) is 9.57 Å². The highest BCUT2D eigenvalue weighted by atomic mass is 16.7. The van der Waals surface area contributed by atoms with Crippen molar-refractivity contribution in [3.8, 4) is 11.6 Å². The van der Waals surface area contributed by atoms with Gasteiger partial charge >= 0.3 is 0 Å². The number of aromatic hydroxyl groups is 1. The van der Waals surface area contributed by atoms with Crippen LogP contribution < -0.4 is 15.1 Å². The number of hydrogen-bond acceptors (Lipinski definition) is 6. The van der Waals surface area contributed by atoms with Gasteiger partial charge in [0.05, 0.1) is 7.11 Å². The molecule has 2 aromatic heterocycles. The Morgan fingerprint density at radius 2 is 2.00 bits per heavy atom. The van der Waals surface area contributed by atoms with Crippen molar-refractivity contribution in [2.24, 2.45) is 0 Å². The van der Waals surface area contributed by atoms with Gasteiger partial charge in [0.1, 0.15) is 24.1 Å². The van der Waals surface area contributed by atoms with E-state index < -0.39 is 5.56 Å². The molecule has 112 valence electrons. The van der Waals surface area contributed by atoms with E-state index >= 15 is 0 Å². The van der Waals surface area contributed by atoms with Gasteiger partial charge < -0.3 is 14.7 Å². The Bertz CT molecular complexity index is 862. The Balaban J connectivity index is 2.07. The molecule has 0 spiro atoms. The first-order valence-electron chi connectivity index (χ1n) is 6.51. The molecule has 0 aliphatic rings. The van der Waals surface area contributed by atoms with Crippen molar-refractivity contribution in [1.82, 2.24) is 14.7 Å². The standard InChI is InChI=1S/C15H13N3O4/c1-21-15-13-11(19)7-12(20)18(14(13)16-9-17-15)22-8-10-5-3-2-4-6-10/h2-7,9,19H,8H2,1H3. The molecule has 0 amide bonds. The van der Waals surface area contributed by atoms with Gasteiger partial charge in [-0.3, -0.25) is 4.79 Å². The Morgan fingerprint density at radius 3 is 2.73 bits per heavy atom. The topological polar surface area (TPSA) is 86.5 Å². The second-order valence-electron chi connectivity index (χ2n) is 4.50. The van der Waals surface area contributed by atoms with E-state index in [0.29, 0.717) is 0 Å². The van der Waals surface area contributed by atoms with Crippen LogP contribution in [0.1, 0.15) is 5.56 Å². The molecule has 7 nitrogen and oxygen atoms in total. The molecule has 1 N–H and O–H groups in total. The van der Waals surface area contributed by atoms with E-state index in [1.807, 2.05) is 30.3 Å². The minimum absolute atomic E-state index is 0.146. The third-order valence-corrected chi connectivity index (χ3v) is 3.10. The summed E-state index contributed by atoms with van der Waals surface area (Å²) in [6, 6.07) is 10.4. The van der Waals surface area contributed by atoms with E-state index in [9.17, 15) is 9.90 Å². The molecule has 0 unspecified atom stereocenters. The van der Waals surface area contributed by atoms with Gasteiger partial charge in [-0.25, -0.2) is 9.97 Å². The lowest BCUT2D eigenvalue weighted by molar-refractivity contribution is 0.0975. The average molecular weight is 299 g/mol. The van der Waals surface area contributed by atoms with Crippen LogP contribution in [0.5, 0.6) is 11.6 Å². The van der Waals surface area contributed by atoms with Crippen LogP contribution in [0.3, 0.4) is 0 Å². The van der Waals surface area contributed by atoms with Gasteiger partial charge in [-0.15, -0.1) is 4.73 Å². The summed E-state index contributed by atoms with van der Waals surface area (Å²) in [7, 11) is 1.42. The van der Waals surface area contributed by atoms with E-state index in [-0.39, 0.29) is 29.3 Å². The largest absolute Gasteiger partial charge is 0.507 e. The summed E-state index contributed by atoms with van der Waals surface area (Å²) in [5.74, 6) is -0.0865. The Kier molecular flexibility index (Phi) is 3.61. The fourth-order valence-corrected chi connectivity index (χ4v) is 2.08. The predicted octanol–water partition coefficient (Wildman–Crippen LogP) is 1.13. The van der Waals surface area contributed by atoms with Crippen molar-refractivity contribution in [3.63, 3.8) is 0 Å². The Morgan fingerprint density at radius 1 is 1.23 bits per heavy atom. The molecule has 0 fully saturated rings. The third kappa shape index (κ3) is 2.44. The van der Waals surface area contributed by atoms with Gasteiger partial charge in [-0.1, -0.05) is 30.3 Å². The van der Waals surface area contributed by atoms with Crippen molar-refractivity contribution in [2.75, 3.05) is 7.11 Å². The summed E-state index contributed by atoms with van der Waals surface area (Å²) >= 11 is 0. The number of fused-ring (bicyclic) bond motifs is 1. The second kappa shape index (κ2) is 5.72. The van der Waals surface area contributed by atoms with Crippen molar-refractivity contribution >= 4 is 11.0 Å². The zero-order valence-corrected chi connectivity index (χ0v) is 11.8. The fraction of sp³-hybridized carbons (Fsp3) is 0.133. The SMILES string of the molecule is COc1ncnc2c1c(O)cc(=O)n2OCc1ccccc1. The molecule has 0 atom stereocenters. The number of aromatic nitrogens is 3. The maximum atomic E-state index is 12.1. The van der Waals surface area contributed by atoms with Crippen molar-refractivity contribution in [1.29, 1.82) is 0 Å². The quantitative estimate of drug-likeness (QED) is 0.777. The Labute approximate surface area is 125 Å². The normalized spacial score (nSPS) is 10.6. The zero-order valence-electron chi connectivity index (χ0n) is 11.8. The molecule has 0 aliphatic heterocycles. The van der Waals surface area contributed by atoms with Crippen LogP contribution in [0.4, 0.5) is 0 Å². The molecule has 0 saturated heterocycles. The molecule has 1 aromatic carbocycles. The number of benzene rings is 1. The van der Waals surface area contributed by atoms with Crippen molar-refractivity contribution in [3.05, 3.63) is 58.6 Å². The molecule has 0 bridgehead atoms. The zero-order chi connectivity index (χ0) is 15.5. The smallest absolute Gasteiger partial charge is 0.288 e. The number of hydrogen-bond donors (Lipinski definition) is 1. The lowest BCUT2D eigenvalue weighted by atomic mass is 10.2. The highest BCUT2D eigenvalue weighted by Crippen LogP contribution is 2.27. The van der Waals surface area contributed by atoms with Crippen LogP contribution in [0.2, 0.25) is 0 Å². The van der Waals surface area contributed by atoms with Crippen LogP contribution in [-0.4, -0.2) is 26.9 Å². The van der Waals surface area contributed by atoms with Crippen LogP contribution in [0, 0.1) is 0 Å². The first kappa shape index (κ1) is 13.9. The fourth-order valence-electron chi connectivity index (χ4n) is 2.08. The number of methoxy groups -OCH3 is 1. The van der Waals surface area contributed by atoms with Crippen LogP contribution in [0.15, 0.2) is 47.5 Å². The molecule has 7 heteroatoms. The minimum atomic E-state index is -0.526. The van der Waals surface area contributed by atoms with Gasteiger partial charge in [0.25, 0.3) is 5.56 Å². The van der Waals surface area contributed by atoms with Crippen molar-refractivity contribution in [2.45, 2.75) is 6.61 Å². The summed E-state index contributed by atoms with van der Waals surface area (Å²) in [5, 5.41) is 10.2. The predicted molar refractivity (Wildman–Crippen MR) is 78.7 cm³/mol. The van der Waals surface area contributed by atoms with Crippen LogP contribution in [-0.2, 0) is 6.61 Å². The molecule has 3 aromatic rings. The lowest BCUT2D eigenvalue weighted by Crippen LogP contribution is -2.27. The second-order valence-corrected chi connectivity index (χ2v) is 4.50. The first-order chi connectivity index (χ1) is 10.7. The summed E-state index contributed by atoms with van der Waals surface area (Å²) < 4.78 is 6.10. The molecule has 22 heavy (non-hydrogen) atoms. The number of nitrogens with zero attached hydrogens (tertiary/aromatic N) is 3. The van der Waals surface area contributed by atoms with Gasteiger partial charge in [0.2, 0.25) is 5.88 Å². The summed E-state index contributed by atoms with van der Waals surface area (Å²) in [5.41, 5.74) is 0.520. The maximum absolute atomic E-state index is 12.1. The van der Waals surface area contributed by atoms with Gasteiger partial charge in [-0.2, -0.15) is 0 Å². The molecule has 0 aliphatic carbocycles. The molecule has 0 saturated carbocycles. The van der Waals surface area contributed by atoms with Crippen LogP contribution >= 0.6 is 0 Å². The van der Waals surface area contributed by atoms with Crippen molar-refractivity contribution < 1.29 is 14.7 Å². The van der Waals surface area contributed by atoms with E-state index in [0.717, 1.165) is 16.4 Å². The van der Waals surface area contributed by atoms with Crippen LogP contribution in [0.25, 0.3) is 11.0 Å². The highest BCUT2D eigenvalue weighted by molar-refractivity contribution is 5.86. The first-order valence-corrected chi connectivity index (χ1v) is 6.51. The molecule has 0 radical (unpaired) electrons. The highest BCUT2D eigenvalue weighted by Gasteiger charge is 2.15. The minimum Gasteiger partial charge on any atom is -0.507 e. The monoisotopic (exact) mass is 299 g/mol. The summed E-state index contributed by atoms with van der Waals surface area (Å²) in [6.07, 6.45) is 1.24. The van der Waals surface area contributed by atoms with Gasteiger partial charge in [0, 0.05) is 6.07 Å². The lowest BCUT2D eigenvalue weighted by Gasteiger charge is -2.12. The number of rotatable bonds is 4. The number of ether oxygens (including phenoxy) is 1.